The quantitative estimate of drug-likeness (QED) is 0.712. The maximum absolute atomic E-state index is 13.1. The molecule has 0 spiro atoms. The first kappa shape index (κ1) is 20.8. The lowest BCUT2D eigenvalue weighted by Gasteiger charge is -2.30. The third kappa shape index (κ3) is 5.24. The highest BCUT2D eigenvalue weighted by molar-refractivity contribution is 5.95. The third-order valence-corrected chi connectivity index (χ3v) is 4.04. The number of unbranched alkanes of at least 4 members (excludes halogenated alkanes) is 1. The lowest BCUT2D eigenvalue weighted by molar-refractivity contribution is -0.143. The zero-order chi connectivity index (χ0) is 20.2. The fourth-order valence-electron chi connectivity index (χ4n) is 2.83. The van der Waals surface area contributed by atoms with Crippen molar-refractivity contribution in [2.75, 3.05) is 0 Å². The van der Waals surface area contributed by atoms with Crippen molar-refractivity contribution < 1.29 is 27.5 Å². The number of nitrogens with one attached hydrogen (secondary N) is 2. The number of allylic oxidation sites excluding steroid dienone is 1. The van der Waals surface area contributed by atoms with E-state index in [1.165, 1.54) is 12.1 Å². The van der Waals surface area contributed by atoms with Gasteiger partial charge in [0.2, 0.25) is 0 Å². The van der Waals surface area contributed by atoms with Crippen molar-refractivity contribution in [3.05, 3.63) is 46.7 Å². The van der Waals surface area contributed by atoms with Crippen LogP contribution in [-0.4, -0.2) is 18.1 Å². The number of benzene rings is 1. The molecule has 27 heavy (non-hydrogen) atoms. The van der Waals surface area contributed by atoms with E-state index in [2.05, 4.69) is 10.6 Å². The summed E-state index contributed by atoms with van der Waals surface area (Å²) in [5.41, 5.74) is -0.159. The fourth-order valence-corrected chi connectivity index (χ4v) is 2.83. The highest BCUT2D eigenvalue weighted by Crippen LogP contribution is 2.34. The lowest BCUT2D eigenvalue weighted by Crippen LogP contribution is -2.46. The van der Waals surface area contributed by atoms with Gasteiger partial charge in [-0.1, -0.05) is 25.5 Å². The number of alkyl halides is 3. The van der Waals surface area contributed by atoms with Crippen LogP contribution in [-0.2, 0) is 15.7 Å². The first-order valence-corrected chi connectivity index (χ1v) is 8.82. The predicted octanol–water partition coefficient (Wildman–Crippen LogP) is 4.46. The summed E-state index contributed by atoms with van der Waals surface area (Å²) in [6, 6.07) is 3.01. The Morgan fingerprint density at radius 3 is 2.59 bits per heavy atom. The van der Waals surface area contributed by atoms with Gasteiger partial charge in [-0.05, 0) is 44.4 Å². The zero-order valence-corrected chi connectivity index (χ0v) is 15.4. The maximum atomic E-state index is 13.1. The Kier molecular flexibility index (Phi) is 6.51. The van der Waals surface area contributed by atoms with Crippen molar-refractivity contribution in [2.45, 2.75) is 58.4 Å². The molecule has 1 aromatic carbocycles. The minimum absolute atomic E-state index is 0.135. The molecule has 2 rings (SSSR count). The van der Waals surface area contributed by atoms with E-state index >= 15 is 0 Å². The average Bonchev–Trinajstić information content (AvgIpc) is 2.58. The van der Waals surface area contributed by atoms with Crippen molar-refractivity contribution in [1.29, 1.82) is 0 Å². The fraction of sp³-hybridized carbons (Fsp3) is 0.474. The van der Waals surface area contributed by atoms with E-state index < -0.39 is 35.9 Å². The SMILES string of the molecule is CCCCC1=C(C(=O)OC(C)C)C(c2cccc(C(F)(F)F)c2)NC(=O)N1. The second-order valence-corrected chi connectivity index (χ2v) is 6.60. The highest BCUT2D eigenvalue weighted by atomic mass is 19.4. The topological polar surface area (TPSA) is 67.4 Å². The Morgan fingerprint density at radius 2 is 2.00 bits per heavy atom. The van der Waals surface area contributed by atoms with Gasteiger partial charge in [-0.2, -0.15) is 13.2 Å². The number of esters is 1. The van der Waals surface area contributed by atoms with Crippen molar-refractivity contribution in [3.63, 3.8) is 0 Å². The van der Waals surface area contributed by atoms with Gasteiger partial charge in [-0.15, -0.1) is 0 Å². The molecule has 8 heteroatoms. The minimum Gasteiger partial charge on any atom is -0.459 e. The zero-order valence-electron chi connectivity index (χ0n) is 15.4. The molecule has 1 atom stereocenters. The number of carbonyl (C=O) groups is 2. The Bertz CT molecular complexity index is 742. The van der Waals surface area contributed by atoms with Crippen LogP contribution < -0.4 is 10.6 Å². The van der Waals surface area contributed by atoms with E-state index in [-0.39, 0.29) is 11.1 Å². The number of halogens is 3. The Morgan fingerprint density at radius 1 is 1.30 bits per heavy atom. The molecular formula is C19H23F3N2O3. The Balaban J connectivity index is 2.53. The lowest BCUT2D eigenvalue weighted by atomic mass is 9.92. The molecule has 0 aliphatic carbocycles. The predicted molar refractivity (Wildman–Crippen MR) is 93.6 cm³/mol. The molecule has 0 saturated carbocycles. The summed E-state index contributed by atoms with van der Waals surface area (Å²) in [5, 5.41) is 5.15. The summed E-state index contributed by atoms with van der Waals surface area (Å²) in [5.74, 6) is -0.661. The van der Waals surface area contributed by atoms with Crippen LogP contribution in [0.15, 0.2) is 35.5 Å². The van der Waals surface area contributed by atoms with Crippen molar-refractivity contribution in [3.8, 4) is 0 Å². The molecule has 1 aliphatic heterocycles. The smallest absolute Gasteiger partial charge is 0.416 e. The van der Waals surface area contributed by atoms with Gasteiger partial charge in [0, 0.05) is 5.70 Å². The summed E-state index contributed by atoms with van der Waals surface area (Å²) < 4.78 is 44.5. The summed E-state index contributed by atoms with van der Waals surface area (Å²) >= 11 is 0. The van der Waals surface area contributed by atoms with Crippen molar-refractivity contribution in [2.24, 2.45) is 0 Å². The van der Waals surface area contributed by atoms with Gasteiger partial charge in [0.25, 0.3) is 0 Å². The molecule has 2 N–H and O–H groups in total. The molecule has 1 unspecified atom stereocenters. The standard InChI is InChI=1S/C19H23F3N2O3/c1-4-5-9-14-15(17(25)27-11(2)3)16(24-18(26)23-14)12-7-6-8-13(10-12)19(20,21)22/h6-8,10-11,16H,4-5,9H2,1-3H3,(H2,23,24,26). The normalized spacial score (nSPS) is 17.6. The molecule has 1 heterocycles. The van der Waals surface area contributed by atoms with Gasteiger partial charge in [0.15, 0.2) is 0 Å². The molecule has 0 aromatic heterocycles. The van der Waals surface area contributed by atoms with Crippen LogP contribution in [0.3, 0.4) is 0 Å². The van der Waals surface area contributed by atoms with Crippen LogP contribution in [0.5, 0.6) is 0 Å². The third-order valence-electron chi connectivity index (χ3n) is 4.04. The molecule has 0 fully saturated rings. The van der Waals surface area contributed by atoms with Gasteiger partial charge in [0.05, 0.1) is 23.3 Å². The van der Waals surface area contributed by atoms with Gasteiger partial charge >= 0.3 is 18.2 Å². The highest BCUT2D eigenvalue weighted by Gasteiger charge is 2.36. The monoisotopic (exact) mass is 384 g/mol. The van der Waals surface area contributed by atoms with Crippen LogP contribution in [0.25, 0.3) is 0 Å². The van der Waals surface area contributed by atoms with Crippen molar-refractivity contribution in [1.82, 2.24) is 10.6 Å². The average molecular weight is 384 g/mol. The number of hydrogen-bond donors (Lipinski definition) is 2. The van der Waals surface area contributed by atoms with Gasteiger partial charge < -0.3 is 15.4 Å². The van der Waals surface area contributed by atoms with E-state index in [9.17, 15) is 22.8 Å². The summed E-state index contributed by atoms with van der Waals surface area (Å²) in [6.07, 6.45) is -2.98. The van der Waals surface area contributed by atoms with E-state index in [0.29, 0.717) is 18.5 Å². The summed E-state index contributed by atoms with van der Waals surface area (Å²) in [7, 11) is 0. The van der Waals surface area contributed by atoms with Gasteiger partial charge in [-0.3, -0.25) is 0 Å². The molecule has 0 bridgehead atoms. The number of ether oxygens (including phenoxy) is 1. The van der Waals surface area contributed by atoms with E-state index in [1.807, 2.05) is 6.92 Å². The van der Waals surface area contributed by atoms with Crippen LogP contribution in [0, 0.1) is 0 Å². The number of hydrogen-bond acceptors (Lipinski definition) is 3. The molecule has 1 aromatic rings. The second-order valence-electron chi connectivity index (χ2n) is 6.60. The van der Waals surface area contributed by atoms with Crippen molar-refractivity contribution >= 4 is 12.0 Å². The van der Waals surface area contributed by atoms with Crippen LogP contribution in [0.1, 0.15) is 57.2 Å². The molecule has 0 saturated heterocycles. The second kappa shape index (κ2) is 8.45. The first-order chi connectivity index (χ1) is 12.6. The minimum atomic E-state index is -4.53. The molecule has 148 valence electrons. The molecule has 1 aliphatic rings. The Labute approximate surface area is 156 Å². The molecular weight excluding hydrogens is 361 g/mol. The van der Waals surface area contributed by atoms with Gasteiger partial charge in [0.1, 0.15) is 0 Å². The molecule has 5 nitrogen and oxygen atoms in total. The first-order valence-electron chi connectivity index (χ1n) is 8.82. The number of urea groups is 1. The van der Waals surface area contributed by atoms with E-state index in [1.54, 1.807) is 13.8 Å². The number of rotatable bonds is 6. The molecule has 2 amide bonds. The van der Waals surface area contributed by atoms with Gasteiger partial charge in [-0.25, -0.2) is 9.59 Å². The number of amides is 2. The summed E-state index contributed by atoms with van der Waals surface area (Å²) in [6.45, 7) is 5.32. The van der Waals surface area contributed by atoms with Crippen LogP contribution >= 0.6 is 0 Å². The number of carbonyl (C=O) groups excluding carboxylic acids is 2. The molecule has 0 radical (unpaired) electrons. The van der Waals surface area contributed by atoms with Crippen LogP contribution in [0.2, 0.25) is 0 Å². The summed E-state index contributed by atoms with van der Waals surface area (Å²) in [4.78, 5) is 24.7. The van der Waals surface area contributed by atoms with E-state index in [4.69, 9.17) is 4.74 Å². The van der Waals surface area contributed by atoms with Crippen LogP contribution in [0.4, 0.5) is 18.0 Å². The maximum Gasteiger partial charge on any atom is 0.416 e. The Hall–Kier alpha value is -2.51. The van der Waals surface area contributed by atoms with E-state index in [0.717, 1.165) is 18.6 Å². The largest absolute Gasteiger partial charge is 0.459 e.